The minimum absolute atomic E-state index is 0.0372. The van der Waals surface area contributed by atoms with Gasteiger partial charge in [-0.2, -0.15) is 44.0 Å². The van der Waals surface area contributed by atoms with Gasteiger partial charge in [-0.05, 0) is 41.8 Å². The zero-order valence-corrected chi connectivity index (χ0v) is 24.8. The van der Waals surface area contributed by atoms with E-state index in [9.17, 15) is 52.8 Å². The van der Waals surface area contributed by atoms with Gasteiger partial charge in [-0.3, -0.25) is 13.7 Å². The number of aromatic hydroxyl groups is 1. The molecule has 5 aromatic rings. The molecule has 45 heavy (non-hydrogen) atoms. The summed E-state index contributed by atoms with van der Waals surface area (Å²) in [6, 6.07) is 9.54. The van der Waals surface area contributed by atoms with Crippen molar-refractivity contribution in [3.8, 4) is 5.75 Å². The fraction of sp³-hybridized carbons (Fsp3) is 0. The maximum Gasteiger partial charge on any atom is 0.313 e. The molecule has 5 rings (SSSR count). The number of nitrogens with zero attached hydrogens (tertiary/aromatic N) is 4. The summed E-state index contributed by atoms with van der Waals surface area (Å²) in [6.07, 6.45) is -1.44. The first-order chi connectivity index (χ1) is 20.9. The predicted octanol–water partition coefficient (Wildman–Crippen LogP) is 5.32. The molecule has 1 aromatic heterocycles. The highest BCUT2D eigenvalue weighted by atomic mass is 35.5. The number of anilines is 2. The second-order valence-corrected chi connectivity index (χ2v) is 13.5. The number of nitrogens with one attached hydrogen (secondary N) is 1. The normalized spacial score (nSPS) is 12.8. The zero-order valence-electron chi connectivity index (χ0n) is 21.6. The van der Waals surface area contributed by atoms with Crippen molar-refractivity contribution in [2.24, 2.45) is 10.2 Å². The summed E-state index contributed by atoms with van der Waals surface area (Å²) in [6.45, 7) is 0. The van der Waals surface area contributed by atoms with Crippen molar-refractivity contribution >= 4 is 86.4 Å². The van der Waals surface area contributed by atoms with Crippen molar-refractivity contribution in [2.75, 3.05) is 5.32 Å². The molecule has 0 spiro atoms. The Morgan fingerprint density at radius 3 is 2.07 bits per heavy atom. The second kappa shape index (κ2) is 11.2. The van der Waals surface area contributed by atoms with E-state index < -0.39 is 90.4 Å². The molecule has 234 valence electrons. The van der Waals surface area contributed by atoms with Crippen molar-refractivity contribution in [1.82, 2.24) is 9.97 Å². The first-order valence-electron chi connectivity index (χ1n) is 11.7. The lowest BCUT2D eigenvalue weighted by atomic mass is 10.1. The van der Waals surface area contributed by atoms with Gasteiger partial charge in [0, 0.05) is 21.8 Å². The van der Waals surface area contributed by atoms with Crippen LogP contribution in [0.3, 0.4) is 0 Å². The Hall–Kier alpha value is -4.44. The van der Waals surface area contributed by atoms with Crippen molar-refractivity contribution < 1.29 is 52.8 Å². The molecule has 0 unspecified atom stereocenters. The first-order valence-corrected chi connectivity index (χ1v) is 16.4. The molecular weight excluding hydrogens is 688 g/mol. The van der Waals surface area contributed by atoms with Gasteiger partial charge in [0.15, 0.2) is 11.6 Å². The molecule has 5 N–H and O–H groups in total. The van der Waals surface area contributed by atoms with Gasteiger partial charge < -0.3 is 10.4 Å². The summed E-state index contributed by atoms with van der Waals surface area (Å²) in [5, 5.41) is 19.2. The monoisotopic (exact) mass is 701 g/mol. The van der Waals surface area contributed by atoms with Crippen molar-refractivity contribution in [1.29, 1.82) is 0 Å². The highest BCUT2D eigenvalue weighted by molar-refractivity contribution is 7.86. The largest absolute Gasteiger partial charge is 0.505 e. The van der Waals surface area contributed by atoms with Gasteiger partial charge >= 0.3 is 6.08 Å². The smallest absolute Gasteiger partial charge is 0.313 e. The fourth-order valence-corrected chi connectivity index (χ4v) is 6.63. The summed E-state index contributed by atoms with van der Waals surface area (Å²) < 4.78 is 129. The van der Waals surface area contributed by atoms with Crippen LogP contribution in [0.2, 0.25) is 5.02 Å². The number of benzene rings is 4. The van der Waals surface area contributed by atoms with Crippen LogP contribution in [-0.4, -0.2) is 54.0 Å². The van der Waals surface area contributed by atoms with Crippen LogP contribution in [0.25, 0.3) is 21.5 Å². The maximum absolute atomic E-state index is 13.7. The number of rotatable bonds is 7. The molecule has 15 nitrogen and oxygen atoms in total. The number of phenolic OH excluding ortho intramolecular Hbond substituents is 1. The summed E-state index contributed by atoms with van der Waals surface area (Å²) in [7, 11) is -15.2. The Kier molecular flexibility index (Phi) is 7.94. The summed E-state index contributed by atoms with van der Waals surface area (Å²) >= 11 is 5.75. The molecule has 0 saturated carbocycles. The molecule has 21 heteroatoms. The topological polar surface area (TPSA) is 246 Å². The number of phenols is 1. The summed E-state index contributed by atoms with van der Waals surface area (Å²) in [5.41, 5.74) is -1.49. The van der Waals surface area contributed by atoms with Crippen LogP contribution in [-0.2, 0) is 30.4 Å². The molecule has 0 aliphatic carbocycles. The number of hydrogen-bond acceptors (Lipinski definition) is 12. The van der Waals surface area contributed by atoms with Crippen LogP contribution in [0.4, 0.5) is 31.7 Å². The van der Waals surface area contributed by atoms with E-state index in [0.29, 0.717) is 0 Å². The Bertz CT molecular complexity index is 2450. The molecular formula is C24H14ClF2N5O10S3. The second-order valence-electron chi connectivity index (χ2n) is 8.97. The minimum atomic E-state index is -5.18. The molecule has 4 aromatic carbocycles. The molecule has 0 atom stereocenters. The average molecular weight is 702 g/mol. The van der Waals surface area contributed by atoms with E-state index in [2.05, 4.69) is 25.5 Å². The Balaban J connectivity index is 1.68. The van der Waals surface area contributed by atoms with Gasteiger partial charge in [0.05, 0.1) is 0 Å². The number of fused-ring (bicyclic) bond motifs is 2. The lowest BCUT2D eigenvalue weighted by Gasteiger charge is -2.12. The van der Waals surface area contributed by atoms with E-state index in [0.717, 1.165) is 36.4 Å². The lowest BCUT2D eigenvalue weighted by molar-refractivity contribution is 0.472. The van der Waals surface area contributed by atoms with E-state index in [-0.39, 0.29) is 21.8 Å². The van der Waals surface area contributed by atoms with Crippen LogP contribution in [0, 0.1) is 12.0 Å². The molecule has 0 bridgehead atoms. The third-order valence-electron chi connectivity index (χ3n) is 6.12. The van der Waals surface area contributed by atoms with Crippen LogP contribution in [0.1, 0.15) is 0 Å². The third kappa shape index (κ3) is 6.24. The molecule has 0 saturated heterocycles. The van der Waals surface area contributed by atoms with E-state index in [1.165, 1.54) is 18.2 Å². The van der Waals surface area contributed by atoms with Crippen LogP contribution < -0.4 is 5.32 Å². The quantitative estimate of drug-likeness (QED) is 0.0625. The van der Waals surface area contributed by atoms with Crippen molar-refractivity contribution in [3.05, 3.63) is 71.6 Å². The Morgan fingerprint density at radius 1 is 0.756 bits per heavy atom. The van der Waals surface area contributed by atoms with Gasteiger partial charge in [-0.25, -0.2) is 0 Å². The summed E-state index contributed by atoms with van der Waals surface area (Å²) in [4.78, 5) is 3.47. The predicted molar refractivity (Wildman–Crippen MR) is 153 cm³/mol. The SMILES string of the molecule is O=S(=O)(O)c1cc2cc(Nc3nc(F)nc(F)c3Cl)ccc2c(O)c1/N=N/c1ccc2c(S(=O)(=O)O)cccc2c1S(=O)(=O)O. The zero-order chi connectivity index (χ0) is 33.1. The Labute approximate surface area is 256 Å². The molecule has 0 amide bonds. The standard InChI is InChI=1S/C24H14ClF2N5O10S3/c25-18-22(26)29-24(27)30-23(18)28-11-4-5-12-10(8-11)9-17(44(37,38)39)19(20(12)33)32-31-15-7-6-13-14(21(15)45(40,41)42)2-1-3-16(13)43(34,35)36/h1-9,33H,(H,28,29,30)(H,34,35,36)(H,37,38,39)(H,40,41,42)/b32-31+. The molecule has 0 aliphatic heterocycles. The van der Waals surface area contributed by atoms with Gasteiger partial charge in [0.25, 0.3) is 30.4 Å². The third-order valence-corrected chi connectivity index (χ3v) is 9.18. The van der Waals surface area contributed by atoms with Gasteiger partial charge in [0.2, 0.25) is 5.95 Å². The minimum Gasteiger partial charge on any atom is -0.505 e. The average Bonchev–Trinajstić information content (AvgIpc) is 2.92. The molecule has 1 heterocycles. The van der Waals surface area contributed by atoms with E-state index in [4.69, 9.17) is 11.6 Å². The van der Waals surface area contributed by atoms with Crippen molar-refractivity contribution in [3.63, 3.8) is 0 Å². The highest BCUT2D eigenvalue weighted by Gasteiger charge is 2.26. The summed E-state index contributed by atoms with van der Waals surface area (Å²) in [5.74, 6) is -2.73. The van der Waals surface area contributed by atoms with Crippen LogP contribution in [0.5, 0.6) is 5.75 Å². The van der Waals surface area contributed by atoms with Crippen molar-refractivity contribution in [2.45, 2.75) is 14.7 Å². The van der Waals surface area contributed by atoms with E-state index >= 15 is 0 Å². The fourth-order valence-electron chi connectivity index (χ4n) is 4.30. The van der Waals surface area contributed by atoms with Crippen LogP contribution in [0.15, 0.2) is 79.5 Å². The van der Waals surface area contributed by atoms with E-state index in [1.807, 2.05) is 0 Å². The van der Waals surface area contributed by atoms with Gasteiger partial charge in [-0.1, -0.05) is 29.8 Å². The first kappa shape index (κ1) is 32.0. The van der Waals surface area contributed by atoms with Gasteiger partial charge in [0.1, 0.15) is 31.1 Å². The number of halogens is 3. The number of azo groups is 1. The van der Waals surface area contributed by atoms with Crippen LogP contribution >= 0.6 is 11.6 Å². The molecule has 0 aliphatic rings. The lowest BCUT2D eigenvalue weighted by Crippen LogP contribution is -2.03. The highest BCUT2D eigenvalue weighted by Crippen LogP contribution is 2.43. The maximum atomic E-state index is 13.7. The number of aromatic nitrogens is 2. The Morgan fingerprint density at radius 2 is 1.42 bits per heavy atom. The van der Waals surface area contributed by atoms with E-state index in [1.54, 1.807) is 0 Å². The molecule has 0 radical (unpaired) electrons. The number of hydrogen-bond donors (Lipinski definition) is 5. The molecule has 0 fully saturated rings. The van der Waals surface area contributed by atoms with Gasteiger partial charge in [-0.15, -0.1) is 10.2 Å².